The molecule has 0 bridgehead atoms. The average Bonchev–Trinajstić information content (AvgIpc) is 2.16. The summed E-state index contributed by atoms with van der Waals surface area (Å²) in [6.45, 7) is 0. The standard InChI is InChI=1S/C9H9ClF2N2O2/c10-6-3-5(4-7(13)9(11)12)1-2-8(6)14(15)16/h1-3,7,9H,4,13H2. The Morgan fingerprint density at radius 2 is 2.12 bits per heavy atom. The number of halogens is 3. The predicted molar refractivity (Wildman–Crippen MR) is 55.8 cm³/mol. The van der Waals surface area contributed by atoms with Gasteiger partial charge >= 0.3 is 0 Å². The summed E-state index contributed by atoms with van der Waals surface area (Å²) in [7, 11) is 0. The van der Waals surface area contributed by atoms with Crippen LogP contribution in [0.3, 0.4) is 0 Å². The van der Waals surface area contributed by atoms with Crippen LogP contribution in [0.15, 0.2) is 18.2 Å². The van der Waals surface area contributed by atoms with Gasteiger partial charge in [0.25, 0.3) is 12.1 Å². The van der Waals surface area contributed by atoms with E-state index in [0.29, 0.717) is 5.56 Å². The fourth-order valence-corrected chi connectivity index (χ4v) is 1.46. The Bertz CT molecular complexity index is 401. The van der Waals surface area contributed by atoms with E-state index in [1.807, 2.05) is 0 Å². The minimum Gasteiger partial charge on any atom is -0.323 e. The number of hydrogen-bond donors (Lipinski definition) is 1. The molecule has 0 saturated heterocycles. The number of nitrogens with zero attached hydrogens (tertiary/aromatic N) is 1. The Kier molecular flexibility index (Phi) is 4.14. The van der Waals surface area contributed by atoms with Crippen LogP contribution in [-0.4, -0.2) is 17.4 Å². The van der Waals surface area contributed by atoms with Crippen molar-refractivity contribution in [1.29, 1.82) is 0 Å². The van der Waals surface area contributed by atoms with Crippen LogP contribution in [-0.2, 0) is 6.42 Å². The maximum Gasteiger partial charge on any atom is 0.287 e. The Morgan fingerprint density at radius 3 is 2.56 bits per heavy atom. The van der Waals surface area contributed by atoms with Crippen molar-refractivity contribution in [3.63, 3.8) is 0 Å². The van der Waals surface area contributed by atoms with Crippen molar-refractivity contribution in [3.05, 3.63) is 38.9 Å². The van der Waals surface area contributed by atoms with Crippen LogP contribution in [0.4, 0.5) is 14.5 Å². The smallest absolute Gasteiger partial charge is 0.287 e. The van der Waals surface area contributed by atoms with Crippen molar-refractivity contribution in [2.45, 2.75) is 18.9 Å². The number of nitro groups is 1. The van der Waals surface area contributed by atoms with Crippen molar-refractivity contribution in [3.8, 4) is 0 Å². The zero-order valence-corrected chi connectivity index (χ0v) is 8.82. The minimum absolute atomic E-state index is 0.0740. The zero-order chi connectivity index (χ0) is 12.3. The second-order valence-corrected chi connectivity index (χ2v) is 3.65. The minimum atomic E-state index is -2.63. The molecular weight excluding hydrogens is 242 g/mol. The highest BCUT2D eigenvalue weighted by Crippen LogP contribution is 2.25. The first-order chi connectivity index (χ1) is 7.41. The maximum absolute atomic E-state index is 12.2. The summed E-state index contributed by atoms with van der Waals surface area (Å²) < 4.78 is 24.3. The molecule has 7 heteroatoms. The maximum atomic E-state index is 12.2. The van der Waals surface area contributed by atoms with Crippen LogP contribution >= 0.6 is 11.6 Å². The lowest BCUT2D eigenvalue weighted by Crippen LogP contribution is -2.30. The summed E-state index contributed by atoms with van der Waals surface area (Å²) in [4.78, 5) is 9.80. The molecule has 2 N–H and O–H groups in total. The van der Waals surface area contributed by atoms with E-state index in [1.54, 1.807) is 0 Å². The van der Waals surface area contributed by atoms with E-state index in [4.69, 9.17) is 17.3 Å². The molecule has 1 aromatic carbocycles. The first-order valence-electron chi connectivity index (χ1n) is 4.38. The third-order valence-electron chi connectivity index (χ3n) is 2.00. The molecule has 0 aliphatic carbocycles. The van der Waals surface area contributed by atoms with Crippen LogP contribution in [0.1, 0.15) is 5.56 Å². The highest BCUT2D eigenvalue weighted by molar-refractivity contribution is 6.32. The van der Waals surface area contributed by atoms with E-state index in [1.165, 1.54) is 18.2 Å². The summed E-state index contributed by atoms with van der Waals surface area (Å²) in [5.41, 5.74) is 5.36. The molecule has 0 heterocycles. The van der Waals surface area contributed by atoms with Crippen molar-refractivity contribution in [2.24, 2.45) is 5.73 Å². The molecule has 1 rings (SSSR count). The molecule has 88 valence electrons. The number of benzene rings is 1. The molecule has 4 nitrogen and oxygen atoms in total. The first kappa shape index (κ1) is 12.8. The molecule has 16 heavy (non-hydrogen) atoms. The molecule has 0 aromatic heterocycles. The van der Waals surface area contributed by atoms with Gasteiger partial charge < -0.3 is 5.73 Å². The number of alkyl halides is 2. The summed E-state index contributed by atoms with van der Waals surface area (Å²) >= 11 is 5.62. The first-order valence-corrected chi connectivity index (χ1v) is 4.76. The number of nitro benzene ring substituents is 1. The summed E-state index contributed by atoms with van der Waals surface area (Å²) in [6.07, 6.45) is -2.70. The summed E-state index contributed by atoms with van der Waals surface area (Å²) in [5.74, 6) is 0. The largest absolute Gasteiger partial charge is 0.323 e. The van der Waals surface area contributed by atoms with Crippen molar-refractivity contribution >= 4 is 17.3 Å². The summed E-state index contributed by atoms with van der Waals surface area (Å²) in [5, 5.41) is 10.4. The molecule has 0 fully saturated rings. The average molecular weight is 251 g/mol. The molecule has 1 unspecified atom stereocenters. The normalized spacial score (nSPS) is 12.8. The van der Waals surface area contributed by atoms with Gasteiger partial charge in [0.05, 0.1) is 11.0 Å². The second-order valence-electron chi connectivity index (χ2n) is 3.25. The molecule has 0 saturated carbocycles. The fraction of sp³-hybridized carbons (Fsp3) is 0.333. The van der Waals surface area contributed by atoms with E-state index in [2.05, 4.69) is 0 Å². The van der Waals surface area contributed by atoms with Crippen LogP contribution in [0.25, 0.3) is 0 Å². The van der Waals surface area contributed by atoms with Gasteiger partial charge in [-0.15, -0.1) is 0 Å². The molecule has 0 amide bonds. The van der Waals surface area contributed by atoms with Crippen LogP contribution < -0.4 is 5.73 Å². The van der Waals surface area contributed by atoms with Gasteiger partial charge in [0.2, 0.25) is 0 Å². The molecule has 0 aliphatic heterocycles. The van der Waals surface area contributed by atoms with Gasteiger partial charge in [-0.25, -0.2) is 8.78 Å². The van der Waals surface area contributed by atoms with Gasteiger partial charge in [0.1, 0.15) is 5.02 Å². The van der Waals surface area contributed by atoms with E-state index < -0.39 is 17.4 Å². The topological polar surface area (TPSA) is 69.2 Å². The van der Waals surface area contributed by atoms with Gasteiger partial charge in [-0.2, -0.15) is 0 Å². The molecule has 0 aliphatic rings. The molecule has 0 spiro atoms. The van der Waals surface area contributed by atoms with Gasteiger partial charge in [-0.1, -0.05) is 17.7 Å². The highest BCUT2D eigenvalue weighted by atomic mass is 35.5. The lowest BCUT2D eigenvalue weighted by molar-refractivity contribution is -0.384. The fourth-order valence-electron chi connectivity index (χ4n) is 1.19. The highest BCUT2D eigenvalue weighted by Gasteiger charge is 2.18. The van der Waals surface area contributed by atoms with Crippen LogP contribution in [0.5, 0.6) is 0 Å². The molecular formula is C9H9ClF2N2O2. The quantitative estimate of drug-likeness (QED) is 0.659. The number of hydrogen-bond acceptors (Lipinski definition) is 3. The molecule has 1 aromatic rings. The van der Waals surface area contributed by atoms with Gasteiger partial charge in [0.15, 0.2) is 0 Å². The number of nitrogens with two attached hydrogens (primary N) is 1. The van der Waals surface area contributed by atoms with E-state index >= 15 is 0 Å². The third-order valence-corrected chi connectivity index (χ3v) is 2.31. The van der Waals surface area contributed by atoms with Gasteiger partial charge in [0, 0.05) is 6.07 Å². The van der Waals surface area contributed by atoms with Crippen LogP contribution in [0.2, 0.25) is 5.02 Å². The monoisotopic (exact) mass is 250 g/mol. The Morgan fingerprint density at radius 1 is 1.50 bits per heavy atom. The molecule has 0 radical (unpaired) electrons. The van der Waals surface area contributed by atoms with E-state index in [0.717, 1.165) is 0 Å². The van der Waals surface area contributed by atoms with Crippen molar-refractivity contribution in [1.82, 2.24) is 0 Å². The predicted octanol–water partition coefficient (Wildman–Crippen LogP) is 2.38. The SMILES string of the molecule is NC(Cc1ccc([N+](=O)[O-])c(Cl)c1)C(F)F. The third kappa shape index (κ3) is 3.11. The van der Waals surface area contributed by atoms with Gasteiger partial charge in [-0.3, -0.25) is 10.1 Å². The van der Waals surface area contributed by atoms with Crippen molar-refractivity contribution < 1.29 is 13.7 Å². The van der Waals surface area contributed by atoms with Crippen LogP contribution in [0, 0.1) is 10.1 Å². The Balaban J connectivity index is 2.85. The summed E-state index contributed by atoms with van der Waals surface area (Å²) in [6, 6.07) is 2.53. The molecule has 1 atom stereocenters. The lowest BCUT2D eigenvalue weighted by Gasteiger charge is -2.10. The van der Waals surface area contributed by atoms with Gasteiger partial charge in [-0.05, 0) is 18.1 Å². The van der Waals surface area contributed by atoms with Crippen molar-refractivity contribution in [2.75, 3.05) is 0 Å². The zero-order valence-electron chi connectivity index (χ0n) is 8.07. The Hall–Kier alpha value is -1.27. The Labute approximate surface area is 95.2 Å². The number of rotatable bonds is 4. The second kappa shape index (κ2) is 5.18. The lowest BCUT2D eigenvalue weighted by atomic mass is 10.1. The van der Waals surface area contributed by atoms with E-state index in [-0.39, 0.29) is 17.1 Å². The van der Waals surface area contributed by atoms with E-state index in [9.17, 15) is 18.9 Å².